The van der Waals surface area contributed by atoms with Gasteiger partial charge in [0.05, 0.1) is 1.37 Å². The molecule has 7 N–H and O–H groups in total. The fourth-order valence-corrected chi connectivity index (χ4v) is 0.216. The second-order valence-corrected chi connectivity index (χ2v) is 1.41. The van der Waals surface area contributed by atoms with Crippen LogP contribution in [-0.2, 0) is 4.79 Å². The predicted molar refractivity (Wildman–Crippen MR) is 52.0 cm³/mol. The maximum absolute atomic E-state index is 11.6. The number of hydrogen-bond donors (Lipinski definition) is 5. The molecule has 0 aromatic heterocycles. The van der Waals surface area contributed by atoms with Crippen LogP contribution in [0.25, 0.3) is 1.43 Å². The average Bonchev–Trinajstić information content (AvgIpc) is 2.52. The second kappa shape index (κ2) is 7.63. The highest BCUT2D eigenvalue weighted by Crippen LogP contribution is 1.92. The molecule has 0 spiro atoms. The number of carbonyl (C=O) groups is 1. The molecule has 0 heterocycles. The molecule has 0 fully saturated rings. The van der Waals surface area contributed by atoms with Gasteiger partial charge >= 0.3 is 5.97 Å². The van der Waals surface area contributed by atoms with Crippen molar-refractivity contribution in [2.75, 3.05) is 6.50 Å². The summed E-state index contributed by atoms with van der Waals surface area (Å²) >= 11 is 0. The highest BCUT2D eigenvalue weighted by atomic mass is 35.5. The van der Waals surface area contributed by atoms with Crippen LogP contribution in [0.1, 0.15) is 22.3 Å². The van der Waals surface area contributed by atoms with E-state index in [1.807, 2.05) is 0 Å². The van der Waals surface area contributed by atoms with Crippen molar-refractivity contribution >= 4 is 24.3 Å². The number of aliphatic carboxylic acids is 1. The van der Waals surface area contributed by atoms with Crippen LogP contribution >= 0.6 is 12.4 Å². The Hall–Kier alpha value is -1.01. The summed E-state index contributed by atoms with van der Waals surface area (Å²) in [5, 5.41) is 5.19. The molecule has 0 amide bonds. The Morgan fingerprint density at radius 1 is 2.15 bits per heavy atom. The van der Waals surface area contributed by atoms with Gasteiger partial charge in [-0.2, -0.15) is 0 Å². The smallest absolute Gasteiger partial charge is 0.320 e. The Labute approximate surface area is 103 Å². The van der Waals surface area contributed by atoms with E-state index in [4.69, 9.17) is 19.5 Å². The largest absolute Gasteiger partial charge is 0.480 e. The van der Waals surface area contributed by atoms with Gasteiger partial charge < -0.3 is 21.9 Å². The van der Waals surface area contributed by atoms with Crippen molar-refractivity contribution in [2.24, 2.45) is 11.4 Å². The van der Waals surface area contributed by atoms with Gasteiger partial charge in [0.2, 0.25) is 0 Å². The molecule has 1 atom stereocenters. The number of guanidine groups is 1. The van der Waals surface area contributed by atoms with Crippen LogP contribution in [0, 0.1) is 5.40 Å². The van der Waals surface area contributed by atoms with Gasteiger partial charge in [0.1, 0.15) is 8.84 Å². The Kier molecular flexibility index (Phi) is 1.48. The van der Waals surface area contributed by atoms with Gasteiger partial charge in [0.25, 0.3) is 1.43 Å². The summed E-state index contributed by atoms with van der Waals surface area (Å²) in [5.41, 5.74) is -1.48. The lowest BCUT2D eigenvalue weighted by molar-refractivity contribution is -0.138. The molecular weight excluding hydrogens is 201 g/mol. The van der Waals surface area contributed by atoms with Crippen molar-refractivity contribution in [1.82, 2.24) is 5.31 Å². The van der Waals surface area contributed by atoms with Crippen LogP contribution in [0.4, 0.5) is 0 Å². The first kappa shape index (κ1) is 2.52. The Balaban J connectivity index is 0. The molecule has 0 radical (unpaired) electrons. The van der Waals surface area contributed by atoms with E-state index in [1.54, 1.807) is 0 Å². The summed E-state index contributed by atoms with van der Waals surface area (Å²) in [6, 6.07) is -3.91. The molecule has 0 unspecified atom stereocenters. The average molecular weight is 231 g/mol. The summed E-state index contributed by atoms with van der Waals surface area (Å²) < 4.78 is 102. The fourth-order valence-electron chi connectivity index (χ4n) is 0.216. The van der Waals surface area contributed by atoms with Crippen molar-refractivity contribution in [3.05, 3.63) is 0 Å². The highest BCUT2D eigenvalue weighted by molar-refractivity contribution is 5.85. The van der Waals surface area contributed by atoms with Gasteiger partial charge in [-0.1, -0.05) is 0 Å². The molecule has 0 aliphatic carbocycles. The molecule has 0 bridgehead atoms. The maximum atomic E-state index is 11.6. The van der Waals surface area contributed by atoms with Crippen molar-refractivity contribution in [3.63, 3.8) is 0 Å². The lowest BCUT2D eigenvalue weighted by Crippen LogP contribution is -2.34. The molecule has 0 saturated heterocycles. The Bertz CT molecular complexity index is 560. The van der Waals surface area contributed by atoms with Crippen molar-refractivity contribution < 1.29 is 28.0 Å². The minimum atomic E-state index is -4.10. The van der Waals surface area contributed by atoms with Crippen molar-refractivity contribution in [1.29, 1.82) is 6.83 Å². The number of rotatable bonds is 6. The topological polar surface area (TPSA) is 125 Å². The Morgan fingerprint density at radius 3 is 3.54 bits per heavy atom. The number of halogens is 1. The Morgan fingerprint density at radius 2 is 3.00 bits per heavy atom. The third kappa shape index (κ3) is 8.90. The molecular formula is C6H15ClN4O2. The number of nitrogens with one attached hydrogen (secondary N) is 2. The van der Waals surface area contributed by atoms with E-state index >= 15 is 0 Å². The molecule has 0 aromatic rings. The minimum Gasteiger partial charge on any atom is -0.480 e. The monoisotopic (exact) mass is 230 g/mol. The van der Waals surface area contributed by atoms with Gasteiger partial charge in [-0.25, -0.2) is 0 Å². The molecule has 0 aliphatic heterocycles. The van der Waals surface area contributed by atoms with Gasteiger partial charge in [-0.15, -0.1) is 12.4 Å². The third-order valence-corrected chi connectivity index (χ3v) is 0.586. The van der Waals surface area contributed by atoms with Crippen LogP contribution < -0.4 is 16.7 Å². The predicted octanol–water partition coefficient (Wildman–Crippen LogP) is -0.917. The summed E-state index contributed by atoms with van der Waals surface area (Å²) in [7, 11) is 0. The summed E-state index contributed by atoms with van der Waals surface area (Å²) in [5.74, 6) is -3.64. The van der Waals surface area contributed by atoms with Crippen molar-refractivity contribution in [3.8, 4) is 0 Å². The van der Waals surface area contributed by atoms with E-state index in [0.29, 0.717) is 0 Å². The van der Waals surface area contributed by atoms with E-state index in [-0.39, 0.29) is 12.4 Å². The molecule has 13 heavy (non-hydrogen) atoms. The number of carboxylic acid groups (broad SMARTS) is 1. The zero-order valence-corrected chi connectivity index (χ0v) is 6.83. The zero-order valence-electron chi connectivity index (χ0n) is 20.0. The molecule has 0 rings (SSSR count). The van der Waals surface area contributed by atoms with E-state index in [0.717, 1.165) is 0 Å². The molecule has 78 valence electrons. The third-order valence-electron chi connectivity index (χ3n) is 0.586. The van der Waals surface area contributed by atoms with Crippen LogP contribution in [0.3, 0.4) is 0 Å². The number of hydrogen-bond acceptors (Lipinski definition) is 4. The van der Waals surface area contributed by atoms with Gasteiger partial charge in [0, 0.05) is 14.7 Å². The summed E-state index contributed by atoms with van der Waals surface area (Å²) in [4.78, 5) is 11.6. The molecule has 6 nitrogen and oxygen atoms in total. The number of carboxylic acids is 1. The van der Waals surface area contributed by atoms with E-state index in [1.165, 1.54) is 0 Å². The van der Waals surface area contributed by atoms with E-state index in [2.05, 4.69) is 10.5 Å². The normalized spacial score (nSPS) is 33.8. The summed E-state index contributed by atoms with van der Waals surface area (Å²) in [6.45, 7) is -3.89. The van der Waals surface area contributed by atoms with Crippen molar-refractivity contribution in [2.45, 2.75) is 18.8 Å². The van der Waals surface area contributed by atoms with Gasteiger partial charge in [0.15, 0.2) is 11.6 Å². The highest BCUT2D eigenvalue weighted by Gasteiger charge is 2.09. The lowest BCUT2D eigenvalue weighted by atomic mass is 11.1. The second-order valence-electron chi connectivity index (χ2n) is 1.41. The summed E-state index contributed by atoms with van der Waals surface area (Å²) in [6.07, 6.45) is -8.18. The molecule has 0 saturated carbocycles. The zero-order chi connectivity index (χ0) is 21.3. The first-order valence-corrected chi connectivity index (χ1v) is 2.53. The fraction of sp³-hybridized carbons (Fsp3) is 0.667. The van der Waals surface area contributed by atoms with Crippen LogP contribution in [0.15, 0.2) is 0 Å². The van der Waals surface area contributed by atoms with Crippen LogP contribution in [0.2, 0.25) is 8.47 Å². The SMILES string of the molecule is Cl.[2H]N=[13C](N([2H])[2H])N([2H])[13C]([2H])([2H])[13C]([2H])([2H])[13C]([2H])([2H])[13C@@]([2H])([13C](=O)O[2H])N([2H])[2H]. The number of nitrogens with two attached hydrogens (primary N) is 2. The maximum Gasteiger partial charge on any atom is 0.320 e. The van der Waals surface area contributed by atoms with Gasteiger partial charge in [-0.3, -0.25) is 10.2 Å². The van der Waals surface area contributed by atoms with Gasteiger partial charge in [-0.05, 0) is 12.7 Å². The van der Waals surface area contributed by atoms with Crippen LogP contribution in [0.5, 0.6) is 0 Å². The minimum absolute atomic E-state index is 0. The quantitative estimate of drug-likeness (QED) is 0.229. The van der Waals surface area contributed by atoms with Crippen LogP contribution in [-0.4, -0.2) is 29.6 Å². The van der Waals surface area contributed by atoms with E-state index in [9.17, 15) is 4.79 Å². The molecule has 0 aliphatic rings. The van der Waals surface area contributed by atoms with E-state index < -0.39 is 53.9 Å². The first-order valence-electron chi connectivity index (χ1n) is 9.12. The first-order chi connectivity index (χ1) is 11.5. The molecule has 7 heteroatoms. The lowest BCUT2D eigenvalue weighted by Gasteiger charge is -2.06. The standard InChI is InChI=1S/C6H14N4O2.ClH/c7-4(5(11)12)2-1-3-10-6(8)9;/h4H,1-3,7H2,(H,11,12)(H4,8,9,10);1H/t4-;/m0./s1/i1+1D2,2+1D2,3+1D2,4+1D,5+1,6+1;/hD7. The molecule has 0 aromatic carbocycles.